The lowest BCUT2D eigenvalue weighted by atomic mass is 10.0. The van der Waals surface area contributed by atoms with Gasteiger partial charge in [0.05, 0.1) is 6.42 Å². The predicted molar refractivity (Wildman–Crippen MR) is 119 cm³/mol. The molecule has 4 rings (SSSR count). The Labute approximate surface area is 182 Å². The second kappa shape index (κ2) is 9.20. The van der Waals surface area contributed by atoms with E-state index in [2.05, 4.69) is 22.3 Å². The summed E-state index contributed by atoms with van der Waals surface area (Å²) in [5.74, 6) is -0.555. The standard InChI is InChI=1S/C24H28N4O3/c1-18-7-9-19(10-8-18)24(31)28-12-11-25-23(30)21(28)17-22(29)27-15-13-26(14-16-27)20-5-3-2-4-6-20/h2-10,21H,11-17H2,1H3,(H,25,30)/t21-/m0/s1. The highest BCUT2D eigenvalue weighted by atomic mass is 16.2. The Morgan fingerprint density at radius 2 is 1.61 bits per heavy atom. The summed E-state index contributed by atoms with van der Waals surface area (Å²) >= 11 is 0. The van der Waals surface area contributed by atoms with Crippen LogP contribution >= 0.6 is 0 Å². The molecule has 2 fully saturated rings. The first-order valence-electron chi connectivity index (χ1n) is 10.8. The van der Waals surface area contributed by atoms with Crippen molar-refractivity contribution in [2.45, 2.75) is 19.4 Å². The number of nitrogens with zero attached hydrogens (tertiary/aromatic N) is 3. The minimum Gasteiger partial charge on any atom is -0.368 e. The Balaban J connectivity index is 1.40. The molecule has 31 heavy (non-hydrogen) atoms. The molecule has 2 saturated heterocycles. The topological polar surface area (TPSA) is 73.0 Å². The van der Waals surface area contributed by atoms with Crippen molar-refractivity contribution in [3.05, 3.63) is 65.7 Å². The van der Waals surface area contributed by atoms with Crippen molar-refractivity contribution >= 4 is 23.4 Å². The summed E-state index contributed by atoms with van der Waals surface area (Å²) < 4.78 is 0. The molecule has 0 aliphatic carbocycles. The molecule has 0 spiro atoms. The van der Waals surface area contributed by atoms with Crippen molar-refractivity contribution in [1.29, 1.82) is 0 Å². The Bertz CT molecular complexity index is 937. The van der Waals surface area contributed by atoms with E-state index in [-0.39, 0.29) is 24.1 Å². The Kier molecular flexibility index (Phi) is 6.21. The van der Waals surface area contributed by atoms with E-state index in [4.69, 9.17) is 0 Å². The SMILES string of the molecule is Cc1ccc(C(=O)N2CCNC(=O)[C@@H]2CC(=O)N2CCN(c3ccccc3)CC2)cc1. The lowest BCUT2D eigenvalue weighted by molar-refractivity contribution is -0.138. The van der Waals surface area contributed by atoms with Crippen LogP contribution in [0.3, 0.4) is 0 Å². The van der Waals surface area contributed by atoms with Crippen LogP contribution in [0.15, 0.2) is 54.6 Å². The van der Waals surface area contributed by atoms with Gasteiger partial charge in [-0.1, -0.05) is 35.9 Å². The number of carbonyl (C=O) groups excluding carboxylic acids is 3. The molecule has 2 heterocycles. The number of anilines is 1. The lowest BCUT2D eigenvalue weighted by Gasteiger charge is -2.39. The molecule has 2 aliphatic rings. The maximum absolute atomic E-state index is 13.0. The number of hydrogen-bond donors (Lipinski definition) is 1. The molecule has 0 radical (unpaired) electrons. The van der Waals surface area contributed by atoms with E-state index in [9.17, 15) is 14.4 Å². The molecule has 0 bridgehead atoms. The van der Waals surface area contributed by atoms with Crippen LogP contribution in [-0.4, -0.2) is 72.8 Å². The highest BCUT2D eigenvalue weighted by Crippen LogP contribution is 2.19. The zero-order valence-corrected chi connectivity index (χ0v) is 17.8. The summed E-state index contributed by atoms with van der Waals surface area (Å²) in [6.45, 7) is 5.47. The van der Waals surface area contributed by atoms with Crippen molar-refractivity contribution < 1.29 is 14.4 Å². The average molecular weight is 421 g/mol. The monoisotopic (exact) mass is 420 g/mol. The zero-order valence-electron chi connectivity index (χ0n) is 17.8. The van der Waals surface area contributed by atoms with E-state index in [0.29, 0.717) is 31.7 Å². The molecule has 0 aromatic heterocycles. The van der Waals surface area contributed by atoms with E-state index < -0.39 is 6.04 Å². The first kappa shape index (κ1) is 20.9. The predicted octanol–water partition coefficient (Wildman–Crippen LogP) is 1.67. The molecular weight excluding hydrogens is 392 g/mol. The summed E-state index contributed by atoms with van der Waals surface area (Å²) in [5.41, 5.74) is 2.75. The minimum atomic E-state index is -0.776. The second-order valence-corrected chi connectivity index (χ2v) is 8.08. The van der Waals surface area contributed by atoms with Gasteiger partial charge in [0.15, 0.2) is 0 Å². The molecule has 1 atom stereocenters. The van der Waals surface area contributed by atoms with E-state index in [1.54, 1.807) is 21.9 Å². The lowest BCUT2D eigenvalue weighted by Crippen LogP contribution is -2.59. The van der Waals surface area contributed by atoms with Crippen LogP contribution in [0.25, 0.3) is 0 Å². The number of aryl methyl sites for hydroxylation is 1. The highest BCUT2D eigenvalue weighted by molar-refractivity contribution is 5.99. The third-order valence-corrected chi connectivity index (χ3v) is 6.01. The fourth-order valence-electron chi connectivity index (χ4n) is 4.17. The molecule has 162 valence electrons. The summed E-state index contributed by atoms with van der Waals surface area (Å²) in [6.07, 6.45) is 0.00870. The van der Waals surface area contributed by atoms with Crippen LogP contribution in [-0.2, 0) is 9.59 Å². The third kappa shape index (κ3) is 4.71. The summed E-state index contributed by atoms with van der Waals surface area (Å²) in [7, 11) is 0. The first-order chi connectivity index (χ1) is 15.0. The molecule has 1 N–H and O–H groups in total. The van der Waals surface area contributed by atoms with E-state index >= 15 is 0 Å². The highest BCUT2D eigenvalue weighted by Gasteiger charge is 2.36. The maximum atomic E-state index is 13.0. The van der Waals surface area contributed by atoms with Gasteiger partial charge in [-0.2, -0.15) is 0 Å². The smallest absolute Gasteiger partial charge is 0.254 e. The molecule has 0 saturated carbocycles. The Morgan fingerprint density at radius 3 is 2.29 bits per heavy atom. The van der Waals surface area contributed by atoms with Crippen molar-refractivity contribution in [3.8, 4) is 0 Å². The summed E-state index contributed by atoms with van der Waals surface area (Å²) in [6, 6.07) is 16.7. The Hall–Kier alpha value is -3.35. The summed E-state index contributed by atoms with van der Waals surface area (Å²) in [5, 5.41) is 2.80. The average Bonchev–Trinajstić information content (AvgIpc) is 2.81. The quantitative estimate of drug-likeness (QED) is 0.817. The third-order valence-electron chi connectivity index (χ3n) is 6.01. The van der Waals surface area contributed by atoms with Crippen molar-refractivity contribution in [1.82, 2.24) is 15.1 Å². The molecule has 7 nitrogen and oxygen atoms in total. The Morgan fingerprint density at radius 1 is 0.935 bits per heavy atom. The fourth-order valence-corrected chi connectivity index (χ4v) is 4.17. The summed E-state index contributed by atoms with van der Waals surface area (Å²) in [4.78, 5) is 44.2. The van der Waals surface area contributed by atoms with Gasteiger partial charge in [0, 0.05) is 50.5 Å². The van der Waals surface area contributed by atoms with Gasteiger partial charge in [0.25, 0.3) is 5.91 Å². The van der Waals surface area contributed by atoms with Crippen LogP contribution in [0.4, 0.5) is 5.69 Å². The van der Waals surface area contributed by atoms with E-state index in [0.717, 1.165) is 24.3 Å². The first-order valence-corrected chi connectivity index (χ1v) is 10.8. The van der Waals surface area contributed by atoms with Crippen LogP contribution in [0.5, 0.6) is 0 Å². The number of hydrogen-bond acceptors (Lipinski definition) is 4. The van der Waals surface area contributed by atoms with Crippen LogP contribution in [0.2, 0.25) is 0 Å². The largest absolute Gasteiger partial charge is 0.368 e. The van der Waals surface area contributed by atoms with Crippen molar-refractivity contribution in [2.24, 2.45) is 0 Å². The van der Waals surface area contributed by atoms with Gasteiger partial charge in [-0.25, -0.2) is 0 Å². The molecule has 2 aromatic carbocycles. The van der Waals surface area contributed by atoms with Gasteiger partial charge >= 0.3 is 0 Å². The number of rotatable bonds is 4. The van der Waals surface area contributed by atoms with Crippen LogP contribution in [0, 0.1) is 6.92 Å². The molecule has 3 amide bonds. The van der Waals surface area contributed by atoms with Gasteiger partial charge in [-0.3, -0.25) is 14.4 Å². The van der Waals surface area contributed by atoms with Crippen LogP contribution in [0.1, 0.15) is 22.3 Å². The molecule has 2 aromatic rings. The van der Waals surface area contributed by atoms with Gasteiger partial charge in [0.1, 0.15) is 6.04 Å². The molecule has 7 heteroatoms. The van der Waals surface area contributed by atoms with Gasteiger partial charge in [-0.15, -0.1) is 0 Å². The maximum Gasteiger partial charge on any atom is 0.254 e. The fraction of sp³-hybridized carbons (Fsp3) is 0.375. The number of amides is 3. The zero-order chi connectivity index (χ0) is 21.8. The molecule has 2 aliphatic heterocycles. The number of para-hydroxylation sites is 1. The normalized spacial score (nSPS) is 19.2. The number of benzene rings is 2. The second-order valence-electron chi connectivity index (χ2n) is 8.08. The van der Waals surface area contributed by atoms with Gasteiger partial charge < -0.3 is 20.0 Å². The van der Waals surface area contributed by atoms with E-state index in [1.807, 2.05) is 37.3 Å². The van der Waals surface area contributed by atoms with Crippen LogP contribution < -0.4 is 10.2 Å². The molecular formula is C24H28N4O3. The number of carbonyl (C=O) groups is 3. The molecule has 0 unspecified atom stereocenters. The number of nitrogens with one attached hydrogen (secondary N) is 1. The van der Waals surface area contributed by atoms with Gasteiger partial charge in [0.2, 0.25) is 11.8 Å². The number of piperazine rings is 2. The minimum absolute atomic E-state index is 0.00870. The van der Waals surface area contributed by atoms with E-state index in [1.165, 1.54) is 0 Å². The van der Waals surface area contributed by atoms with Gasteiger partial charge in [-0.05, 0) is 31.2 Å². The van der Waals surface area contributed by atoms with Crippen molar-refractivity contribution in [3.63, 3.8) is 0 Å². The van der Waals surface area contributed by atoms with Crippen molar-refractivity contribution in [2.75, 3.05) is 44.2 Å².